The fourth-order valence-electron chi connectivity index (χ4n) is 1.62. The molecule has 0 rings (SSSR count). The topological polar surface area (TPSA) is 19.0 Å². The van der Waals surface area contributed by atoms with Gasteiger partial charge < -0.3 is 0 Å². The van der Waals surface area contributed by atoms with Gasteiger partial charge in [-0.25, -0.2) is 0 Å². The van der Waals surface area contributed by atoms with Crippen molar-refractivity contribution in [3.8, 4) is 0 Å². The number of nitrogens with zero attached hydrogens (tertiary/aromatic N) is 3. The Morgan fingerprint density at radius 2 is 1.09 bits per heavy atom. The minimum absolute atomic E-state index is 0.600. The zero-order valence-corrected chi connectivity index (χ0v) is 15.6. The van der Waals surface area contributed by atoms with E-state index in [0.29, 0.717) is 6.61 Å². The van der Waals surface area contributed by atoms with Crippen LogP contribution in [-0.2, 0) is 4.52 Å². The quantitative estimate of drug-likeness (QED) is 0.353. The third-order valence-corrected chi connectivity index (χ3v) is 5.65. The second-order valence-electron chi connectivity index (χ2n) is 5.24. The Bertz CT molecular complexity index is 349. The molecule has 22 heavy (non-hydrogen) atoms. The molecular weight excluding hydrogens is 354 g/mol. The molecule has 0 amide bonds. The van der Waals surface area contributed by atoms with Crippen molar-refractivity contribution in [1.82, 2.24) is 14.0 Å². The summed E-state index contributed by atoms with van der Waals surface area (Å²) >= 11 is 0. The monoisotopic (exact) mass is 379 g/mol. The van der Waals surface area contributed by atoms with E-state index in [2.05, 4.69) is 20.6 Å². The molecule has 0 fully saturated rings. The minimum atomic E-state index is -10.7. The van der Waals surface area contributed by atoms with Gasteiger partial charge in [0.1, 0.15) is 6.61 Å². The van der Waals surface area contributed by atoms with Gasteiger partial charge in [-0.15, -0.1) is 14.0 Å². The van der Waals surface area contributed by atoms with Crippen LogP contribution in [0.4, 0.5) is 25.2 Å². The summed E-state index contributed by atoms with van der Waals surface area (Å²) in [4.78, 5) is 0. The Hall–Kier alpha value is 0.0200. The molecule has 0 bridgehead atoms. The van der Waals surface area contributed by atoms with Crippen molar-refractivity contribution >= 4 is 15.8 Å². The third kappa shape index (κ3) is 12.6. The number of hydrogen-bond donors (Lipinski definition) is 0. The van der Waals surface area contributed by atoms with Gasteiger partial charge in [0.2, 0.25) is 0 Å². The molecule has 0 radical (unpaired) electrons. The van der Waals surface area contributed by atoms with E-state index in [1.54, 1.807) is 0 Å². The van der Waals surface area contributed by atoms with E-state index in [9.17, 15) is 25.2 Å². The van der Waals surface area contributed by atoms with Gasteiger partial charge in [0, 0.05) is 42.3 Å². The first-order chi connectivity index (χ1) is 9.20. The molecule has 0 aromatic rings. The van der Waals surface area contributed by atoms with Gasteiger partial charge in [-0.1, -0.05) is 12.2 Å². The second kappa shape index (κ2) is 6.87. The molecule has 0 aliphatic rings. The van der Waals surface area contributed by atoms with Crippen molar-refractivity contribution in [1.29, 1.82) is 0 Å². The molecule has 12 heteroatoms. The molecule has 0 N–H and O–H groups in total. The fourth-order valence-corrected chi connectivity index (χ4v) is 4.85. The van der Waals surface area contributed by atoms with Gasteiger partial charge in [0.15, 0.2) is 0 Å². The van der Waals surface area contributed by atoms with Crippen LogP contribution < -0.4 is 0 Å². The van der Waals surface area contributed by atoms with Crippen molar-refractivity contribution in [3.05, 3.63) is 12.2 Å². The number of halogens is 6. The molecule has 0 aliphatic heterocycles. The summed E-state index contributed by atoms with van der Waals surface area (Å²) in [5.41, 5.74) is 1.05. The molecule has 0 spiro atoms. The Balaban J connectivity index is 0. The molecular formula is C10H25F6N3OP2. The average Bonchev–Trinajstić information content (AvgIpc) is 2.10. The van der Waals surface area contributed by atoms with Crippen LogP contribution >= 0.6 is 15.8 Å². The van der Waals surface area contributed by atoms with Crippen molar-refractivity contribution < 1.29 is 29.7 Å². The van der Waals surface area contributed by atoms with Gasteiger partial charge in [0.05, 0.1) is 0 Å². The Morgan fingerprint density at radius 3 is 1.23 bits per heavy atom. The van der Waals surface area contributed by atoms with Crippen LogP contribution in [0.25, 0.3) is 0 Å². The summed E-state index contributed by atoms with van der Waals surface area (Å²) in [6.07, 6.45) is 0. The first-order valence-corrected chi connectivity index (χ1v) is 9.57. The average molecular weight is 379 g/mol. The summed E-state index contributed by atoms with van der Waals surface area (Å²) in [7, 11) is -0.197. The first-order valence-electron chi connectivity index (χ1n) is 5.98. The van der Waals surface area contributed by atoms with Crippen molar-refractivity contribution in [3.63, 3.8) is 0 Å². The summed E-state index contributed by atoms with van der Waals surface area (Å²) < 4.78 is 71.7. The van der Waals surface area contributed by atoms with E-state index in [-0.39, 0.29) is 0 Å². The molecule has 0 heterocycles. The number of hydrogen-bond acceptors (Lipinski definition) is 4. The predicted octanol–water partition coefficient (Wildman–Crippen LogP) is 5.32. The van der Waals surface area contributed by atoms with Crippen LogP contribution in [0.15, 0.2) is 12.2 Å². The Morgan fingerprint density at radius 1 is 0.864 bits per heavy atom. The summed E-state index contributed by atoms with van der Waals surface area (Å²) in [6, 6.07) is 0. The van der Waals surface area contributed by atoms with Crippen LogP contribution in [0.2, 0.25) is 0 Å². The van der Waals surface area contributed by atoms with Crippen LogP contribution in [0, 0.1) is 0 Å². The SMILES string of the molecule is C=C(C)CO[P+](N(C)C)(N(C)C)N(C)C.F[P-](F)(F)(F)(F)F. The van der Waals surface area contributed by atoms with E-state index >= 15 is 0 Å². The first kappa shape index (κ1) is 24.3. The van der Waals surface area contributed by atoms with Crippen molar-refractivity contribution in [2.45, 2.75) is 6.92 Å². The molecule has 0 atom stereocenters. The zero-order chi connectivity index (χ0) is 18.6. The van der Waals surface area contributed by atoms with E-state index in [0.717, 1.165) is 5.57 Å². The van der Waals surface area contributed by atoms with Gasteiger partial charge >= 0.3 is 40.9 Å². The van der Waals surface area contributed by atoms with Crippen LogP contribution in [0.1, 0.15) is 6.92 Å². The normalized spacial score (nSPS) is 16.2. The Labute approximate surface area is 128 Å². The van der Waals surface area contributed by atoms with Gasteiger partial charge in [0.25, 0.3) is 0 Å². The summed E-state index contributed by atoms with van der Waals surface area (Å²) in [6.45, 7) is 6.45. The van der Waals surface area contributed by atoms with E-state index in [1.807, 2.05) is 49.2 Å². The van der Waals surface area contributed by atoms with Crippen molar-refractivity contribution in [2.75, 3.05) is 48.9 Å². The van der Waals surface area contributed by atoms with E-state index in [4.69, 9.17) is 4.52 Å². The molecule has 0 aromatic heterocycles. The fraction of sp³-hybridized carbons (Fsp3) is 0.800. The molecule has 0 aromatic carbocycles. The maximum absolute atomic E-state index is 10.7. The van der Waals surface area contributed by atoms with Crippen molar-refractivity contribution in [2.24, 2.45) is 0 Å². The standard InChI is InChI=1S/C10H25N3OP.F6P/c1-10(2)9-14-15(11(3)4,12(5)6)13(7)8;1-7(2,3,4,5)6/h1,9H2,2-8H3;/q+1;-1. The Kier molecular flexibility index (Phi) is 7.58. The van der Waals surface area contributed by atoms with Crippen LogP contribution in [-0.4, -0.2) is 62.9 Å². The third-order valence-electron chi connectivity index (χ3n) is 2.05. The van der Waals surface area contributed by atoms with Gasteiger partial charge in [-0.3, -0.25) is 0 Å². The molecule has 4 nitrogen and oxygen atoms in total. The van der Waals surface area contributed by atoms with E-state index in [1.165, 1.54) is 0 Å². The summed E-state index contributed by atoms with van der Waals surface area (Å²) in [5, 5.41) is 0. The maximum atomic E-state index is 9.87. The second-order valence-corrected chi connectivity index (χ2v) is 10.8. The molecule has 0 aliphatic carbocycles. The van der Waals surface area contributed by atoms with Gasteiger partial charge in [-0.2, -0.15) is 4.52 Å². The van der Waals surface area contributed by atoms with E-state index < -0.39 is 15.8 Å². The number of rotatable bonds is 6. The summed E-state index contributed by atoms with van der Waals surface area (Å²) in [5.74, 6) is 0. The predicted molar refractivity (Wildman–Crippen MR) is 82.3 cm³/mol. The van der Waals surface area contributed by atoms with Gasteiger partial charge in [-0.05, 0) is 6.92 Å². The molecule has 138 valence electrons. The molecule has 0 saturated heterocycles. The molecule has 0 unspecified atom stereocenters. The van der Waals surface area contributed by atoms with Crippen LogP contribution in [0.5, 0.6) is 0 Å². The van der Waals surface area contributed by atoms with Crippen LogP contribution in [0.3, 0.4) is 0 Å². The molecule has 0 saturated carbocycles. The zero-order valence-electron chi connectivity index (χ0n) is 13.8.